The molecular formula is C15H12N6O2S2. The van der Waals surface area contributed by atoms with Crippen molar-refractivity contribution in [3.63, 3.8) is 0 Å². The fraction of sp³-hybridized carbons (Fsp3) is 0.0667. The highest BCUT2D eigenvalue weighted by molar-refractivity contribution is 7.90. The Bertz CT molecular complexity index is 1180. The quantitative estimate of drug-likeness (QED) is 0.564. The van der Waals surface area contributed by atoms with Crippen molar-refractivity contribution < 1.29 is 8.42 Å². The molecule has 25 heavy (non-hydrogen) atoms. The van der Waals surface area contributed by atoms with E-state index in [9.17, 15) is 8.42 Å². The Labute approximate surface area is 146 Å². The number of rotatable bonds is 3. The van der Waals surface area contributed by atoms with Crippen molar-refractivity contribution in [3.05, 3.63) is 36.4 Å². The van der Waals surface area contributed by atoms with Gasteiger partial charge in [-0.15, -0.1) is 5.10 Å². The molecule has 0 atom stereocenters. The molecule has 10 heteroatoms. The molecule has 3 N–H and O–H groups in total. The van der Waals surface area contributed by atoms with Crippen LogP contribution in [0.15, 0.2) is 41.3 Å². The van der Waals surface area contributed by atoms with Gasteiger partial charge in [0.05, 0.1) is 15.1 Å². The van der Waals surface area contributed by atoms with Crippen LogP contribution in [0.4, 0.5) is 5.13 Å². The van der Waals surface area contributed by atoms with Gasteiger partial charge in [-0.3, -0.25) is 0 Å². The summed E-state index contributed by atoms with van der Waals surface area (Å²) >= 11 is 1.37. The highest BCUT2D eigenvalue weighted by atomic mass is 32.2. The summed E-state index contributed by atoms with van der Waals surface area (Å²) in [6.45, 7) is 0. The summed E-state index contributed by atoms with van der Waals surface area (Å²) in [7, 11) is -3.47. The second-order valence-electron chi connectivity index (χ2n) is 5.44. The van der Waals surface area contributed by atoms with E-state index in [1.54, 1.807) is 12.1 Å². The molecular weight excluding hydrogens is 360 g/mol. The zero-order chi connectivity index (χ0) is 17.6. The van der Waals surface area contributed by atoms with Crippen molar-refractivity contribution in [2.75, 3.05) is 12.0 Å². The lowest BCUT2D eigenvalue weighted by Crippen LogP contribution is -2.02. The van der Waals surface area contributed by atoms with E-state index in [0.717, 1.165) is 22.0 Å². The van der Waals surface area contributed by atoms with Crippen molar-refractivity contribution >= 4 is 36.5 Å². The predicted octanol–water partition coefficient (Wildman–Crippen LogP) is 2.13. The number of nitrogens with zero attached hydrogens (tertiary/aromatic N) is 4. The van der Waals surface area contributed by atoms with E-state index in [1.165, 1.54) is 11.3 Å². The molecule has 2 heterocycles. The van der Waals surface area contributed by atoms with Gasteiger partial charge in [-0.1, -0.05) is 29.5 Å². The molecule has 0 aliphatic carbocycles. The van der Waals surface area contributed by atoms with Crippen LogP contribution in [-0.4, -0.2) is 40.3 Å². The molecule has 0 aliphatic rings. The Morgan fingerprint density at radius 1 is 1.20 bits per heavy atom. The van der Waals surface area contributed by atoms with Crippen LogP contribution in [0, 0.1) is 0 Å². The first-order valence-electron chi connectivity index (χ1n) is 7.17. The zero-order valence-electron chi connectivity index (χ0n) is 13.0. The van der Waals surface area contributed by atoms with Gasteiger partial charge in [0, 0.05) is 11.8 Å². The summed E-state index contributed by atoms with van der Waals surface area (Å²) < 4.78 is 25.4. The molecule has 0 radical (unpaired) electrons. The molecule has 8 nitrogen and oxygen atoms in total. The lowest BCUT2D eigenvalue weighted by Gasteiger charge is -2.11. The fourth-order valence-corrected chi connectivity index (χ4v) is 4.38. The summed E-state index contributed by atoms with van der Waals surface area (Å²) in [5.74, 6) is 0.292. The Kier molecular flexibility index (Phi) is 3.51. The van der Waals surface area contributed by atoms with Crippen LogP contribution in [0.1, 0.15) is 0 Å². The Hall–Kier alpha value is -2.85. The largest absolute Gasteiger partial charge is 0.375 e. The van der Waals surface area contributed by atoms with Gasteiger partial charge in [-0.25, -0.2) is 18.5 Å². The predicted molar refractivity (Wildman–Crippen MR) is 95.7 cm³/mol. The summed E-state index contributed by atoms with van der Waals surface area (Å²) in [6.07, 6.45) is 1.16. The number of hydrogen-bond donors (Lipinski definition) is 2. The molecule has 0 saturated heterocycles. The first kappa shape index (κ1) is 15.7. The Balaban J connectivity index is 2.03. The highest BCUT2D eigenvalue weighted by Crippen LogP contribution is 2.37. The van der Waals surface area contributed by atoms with E-state index < -0.39 is 9.84 Å². The minimum absolute atomic E-state index is 0.160. The second-order valence-corrected chi connectivity index (χ2v) is 8.48. The van der Waals surface area contributed by atoms with E-state index in [2.05, 4.69) is 25.6 Å². The number of nitrogens with one attached hydrogen (secondary N) is 1. The van der Waals surface area contributed by atoms with E-state index in [1.807, 2.05) is 24.3 Å². The van der Waals surface area contributed by atoms with Crippen LogP contribution in [-0.2, 0) is 9.84 Å². The van der Waals surface area contributed by atoms with Crippen LogP contribution in [0.25, 0.3) is 32.7 Å². The van der Waals surface area contributed by atoms with Crippen LogP contribution in [0.3, 0.4) is 0 Å². The van der Waals surface area contributed by atoms with Crippen LogP contribution in [0.5, 0.6) is 0 Å². The molecule has 0 bridgehead atoms. The molecule has 4 rings (SSSR count). The number of nitrogens with two attached hydrogens (primary N) is 1. The highest BCUT2D eigenvalue weighted by Gasteiger charge is 2.21. The maximum atomic E-state index is 12.2. The van der Waals surface area contributed by atoms with Crippen molar-refractivity contribution in [1.82, 2.24) is 25.6 Å². The average Bonchev–Trinajstić information content (AvgIpc) is 3.20. The van der Waals surface area contributed by atoms with Gasteiger partial charge in [-0.2, -0.15) is 0 Å². The number of sulfone groups is 1. The summed E-state index contributed by atoms with van der Waals surface area (Å²) in [5.41, 5.74) is 8.53. The molecule has 0 spiro atoms. The van der Waals surface area contributed by atoms with Crippen LogP contribution >= 0.6 is 11.3 Å². The number of tetrazole rings is 1. The molecule has 0 aliphatic heterocycles. The third-order valence-electron chi connectivity index (χ3n) is 3.72. The third kappa shape index (κ3) is 2.75. The van der Waals surface area contributed by atoms with Gasteiger partial charge in [-0.05, 0) is 39.8 Å². The SMILES string of the molecule is CS(=O)(=O)c1cccc(-c2ccc3nc(N)sc3c2)c1-c1nnn[nH]1. The van der Waals surface area contributed by atoms with Crippen molar-refractivity contribution in [2.45, 2.75) is 4.90 Å². The molecule has 0 fully saturated rings. The van der Waals surface area contributed by atoms with Crippen molar-refractivity contribution in [1.29, 1.82) is 0 Å². The maximum Gasteiger partial charge on any atom is 0.181 e. The molecule has 2 aromatic heterocycles. The topological polar surface area (TPSA) is 128 Å². The number of aromatic amines is 1. The fourth-order valence-electron chi connectivity index (χ4n) is 2.70. The maximum absolute atomic E-state index is 12.2. The van der Waals surface area contributed by atoms with Gasteiger partial charge in [0.1, 0.15) is 0 Å². The number of aromatic nitrogens is 5. The number of benzene rings is 2. The summed E-state index contributed by atoms with van der Waals surface area (Å²) in [6, 6.07) is 10.7. The van der Waals surface area contributed by atoms with E-state index in [4.69, 9.17) is 5.73 Å². The number of hydrogen-bond acceptors (Lipinski definition) is 8. The zero-order valence-corrected chi connectivity index (χ0v) is 14.6. The Morgan fingerprint density at radius 3 is 2.76 bits per heavy atom. The third-order valence-corrected chi connectivity index (χ3v) is 5.71. The monoisotopic (exact) mass is 372 g/mol. The minimum atomic E-state index is -3.47. The Morgan fingerprint density at radius 2 is 2.04 bits per heavy atom. The van der Waals surface area contributed by atoms with Gasteiger partial charge in [0.2, 0.25) is 0 Å². The lowest BCUT2D eigenvalue weighted by atomic mass is 9.99. The second kappa shape index (κ2) is 5.60. The summed E-state index contributed by atoms with van der Waals surface area (Å²) in [4.78, 5) is 4.40. The van der Waals surface area contributed by atoms with Crippen molar-refractivity contribution in [3.8, 4) is 22.5 Å². The van der Waals surface area contributed by atoms with Gasteiger partial charge < -0.3 is 5.73 Å². The molecule has 0 amide bonds. The molecule has 2 aromatic carbocycles. The first-order valence-corrected chi connectivity index (χ1v) is 9.88. The molecule has 0 saturated carbocycles. The normalized spacial score (nSPS) is 11.9. The first-order chi connectivity index (χ1) is 11.9. The molecule has 4 aromatic rings. The standard InChI is InChI=1S/C15H12N6O2S2/c1-25(22,23)12-4-2-3-9(13(12)14-18-20-21-19-14)8-5-6-10-11(7-8)24-15(16)17-10/h2-7H,1H3,(H2,16,17)(H,18,19,20,21). The number of H-pyrrole nitrogens is 1. The van der Waals surface area contributed by atoms with Gasteiger partial charge >= 0.3 is 0 Å². The van der Waals surface area contributed by atoms with Crippen LogP contribution in [0.2, 0.25) is 0 Å². The van der Waals surface area contributed by atoms with Crippen LogP contribution < -0.4 is 5.73 Å². The smallest absolute Gasteiger partial charge is 0.181 e. The average molecular weight is 372 g/mol. The molecule has 126 valence electrons. The summed E-state index contributed by atoms with van der Waals surface area (Å²) in [5, 5.41) is 14.2. The number of fused-ring (bicyclic) bond motifs is 1. The number of thiazole rings is 1. The van der Waals surface area contributed by atoms with E-state index in [0.29, 0.717) is 22.1 Å². The van der Waals surface area contributed by atoms with E-state index >= 15 is 0 Å². The molecule has 0 unspecified atom stereocenters. The van der Waals surface area contributed by atoms with Gasteiger partial charge in [0.25, 0.3) is 0 Å². The number of nitrogen functional groups attached to an aromatic ring is 1. The van der Waals surface area contributed by atoms with Gasteiger partial charge in [0.15, 0.2) is 20.8 Å². The lowest BCUT2D eigenvalue weighted by molar-refractivity contribution is 0.602. The minimum Gasteiger partial charge on any atom is -0.375 e. The van der Waals surface area contributed by atoms with E-state index in [-0.39, 0.29) is 4.90 Å². The number of anilines is 1. The van der Waals surface area contributed by atoms with Crippen molar-refractivity contribution in [2.24, 2.45) is 0 Å².